The van der Waals surface area contributed by atoms with E-state index in [4.69, 9.17) is 11.6 Å². The Morgan fingerprint density at radius 1 is 1.10 bits per heavy atom. The van der Waals surface area contributed by atoms with Gasteiger partial charge < -0.3 is 16.0 Å². The second-order valence-electron chi connectivity index (χ2n) is 6.74. The van der Waals surface area contributed by atoms with Crippen LogP contribution in [0, 0.1) is 0 Å². The van der Waals surface area contributed by atoms with Gasteiger partial charge in [-0.2, -0.15) is 0 Å². The highest BCUT2D eigenvalue weighted by atomic mass is 35.5. The Bertz CT molecular complexity index is 995. The van der Waals surface area contributed by atoms with Crippen LogP contribution in [0.25, 0.3) is 0 Å². The first kappa shape index (κ1) is 20.3. The fourth-order valence-corrected chi connectivity index (χ4v) is 3.21. The van der Waals surface area contributed by atoms with Gasteiger partial charge in [-0.15, -0.1) is 0 Å². The van der Waals surface area contributed by atoms with Crippen LogP contribution in [0.15, 0.2) is 48.5 Å². The number of rotatable bonds is 5. The second kappa shape index (κ2) is 7.92. The van der Waals surface area contributed by atoms with Crippen LogP contribution in [0.5, 0.6) is 0 Å². The lowest BCUT2D eigenvalue weighted by molar-refractivity contribution is -0.133. The number of amides is 5. The molecule has 1 aliphatic heterocycles. The van der Waals surface area contributed by atoms with Gasteiger partial charge in [-0.3, -0.25) is 19.3 Å². The molecule has 1 fully saturated rings. The maximum atomic E-state index is 12.9. The molecule has 3 N–H and O–H groups in total. The lowest BCUT2D eigenvalue weighted by Gasteiger charge is -2.22. The van der Waals surface area contributed by atoms with E-state index >= 15 is 0 Å². The highest BCUT2D eigenvalue weighted by Gasteiger charge is 2.49. The number of anilines is 2. The normalized spacial score (nSPS) is 18.4. The molecule has 0 radical (unpaired) electrons. The number of nitrogens with one attached hydrogen (secondary N) is 3. The number of benzene rings is 2. The molecule has 1 unspecified atom stereocenters. The summed E-state index contributed by atoms with van der Waals surface area (Å²) in [4.78, 5) is 49.7. The van der Waals surface area contributed by atoms with E-state index in [1.54, 1.807) is 43.3 Å². The first-order valence-electron chi connectivity index (χ1n) is 8.77. The summed E-state index contributed by atoms with van der Waals surface area (Å²) in [5.41, 5.74) is 0.0682. The average molecular weight is 415 g/mol. The molecule has 0 spiro atoms. The fraction of sp³-hybridized carbons (Fsp3) is 0.200. The number of halogens is 1. The molecule has 1 heterocycles. The van der Waals surface area contributed by atoms with E-state index in [0.717, 1.165) is 4.90 Å². The van der Waals surface area contributed by atoms with Crippen LogP contribution in [0.3, 0.4) is 0 Å². The third-order valence-corrected chi connectivity index (χ3v) is 4.82. The minimum Gasteiger partial charge on any atom is -0.326 e. The van der Waals surface area contributed by atoms with Gasteiger partial charge >= 0.3 is 6.03 Å². The van der Waals surface area contributed by atoms with Crippen molar-refractivity contribution in [2.45, 2.75) is 19.4 Å². The Morgan fingerprint density at radius 3 is 2.45 bits per heavy atom. The van der Waals surface area contributed by atoms with Crippen molar-refractivity contribution in [3.8, 4) is 0 Å². The number of carbonyl (C=O) groups is 4. The van der Waals surface area contributed by atoms with Gasteiger partial charge in [0.25, 0.3) is 5.91 Å². The SMILES string of the molecule is CC(=O)Nc1ccc(Cl)c(NC(=O)CN2C(=O)NC(C)(c3ccccc3)C2=O)c1. The van der Waals surface area contributed by atoms with Gasteiger partial charge in [-0.25, -0.2) is 4.79 Å². The zero-order valence-corrected chi connectivity index (χ0v) is 16.5. The molecule has 29 heavy (non-hydrogen) atoms. The monoisotopic (exact) mass is 414 g/mol. The number of urea groups is 1. The predicted molar refractivity (Wildman–Crippen MR) is 108 cm³/mol. The largest absolute Gasteiger partial charge is 0.326 e. The molecule has 0 saturated carbocycles. The first-order chi connectivity index (χ1) is 13.7. The van der Waals surface area contributed by atoms with Gasteiger partial charge in [-0.05, 0) is 30.7 Å². The molecule has 2 aromatic rings. The third-order valence-electron chi connectivity index (χ3n) is 4.49. The van der Waals surface area contributed by atoms with E-state index in [-0.39, 0.29) is 16.6 Å². The Labute approximate surface area is 172 Å². The quantitative estimate of drug-likeness (QED) is 0.653. The predicted octanol–water partition coefficient (Wildman–Crippen LogP) is 2.70. The van der Waals surface area contributed by atoms with Crippen molar-refractivity contribution in [2.24, 2.45) is 0 Å². The maximum absolute atomic E-state index is 12.9. The van der Waals surface area contributed by atoms with E-state index < -0.39 is 29.9 Å². The standard InChI is InChI=1S/C20H19ClN4O4/c1-12(26)22-14-8-9-15(21)16(10-14)23-17(27)11-25-18(28)20(2,24-19(25)29)13-6-4-3-5-7-13/h3-10H,11H2,1-2H3,(H,22,26)(H,23,27)(H,24,29). The van der Waals surface area contributed by atoms with Gasteiger partial charge in [-0.1, -0.05) is 41.9 Å². The van der Waals surface area contributed by atoms with E-state index in [9.17, 15) is 19.2 Å². The van der Waals surface area contributed by atoms with E-state index in [1.165, 1.54) is 19.1 Å². The van der Waals surface area contributed by atoms with Gasteiger partial charge in [0.2, 0.25) is 11.8 Å². The molecule has 8 nitrogen and oxygen atoms in total. The second-order valence-corrected chi connectivity index (χ2v) is 7.14. The maximum Gasteiger partial charge on any atom is 0.325 e. The lowest BCUT2D eigenvalue weighted by Crippen LogP contribution is -2.42. The fourth-order valence-electron chi connectivity index (χ4n) is 3.04. The lowest BCUT2D eigenvalue weighted by atomic mass is 9.92. The van der Waals surface area contributed by atoms with Crippen molar-refractivity contribution >= 4 is 46.7 Å². The summed E-state index contributed by atoms with van der Waals surface area (Å²) in [7, 11) is 0. The van der Waals surface area contributed by atoms with Crippen LogP contribution >= 0.6 is 11.6 Å². The molecule has 0 aliphatic carbocycles. The smallest absolute Gasteiger partial charge is 0.325 e. The molecule has 3 rings (SSSR count). The topological polar surface area (TPSA) is 108 Å². The van der Waals surface area contributed by atoms with E-state index in [1.807, 2.05) is 0 Å². The minimum atomic E-state index is -1.25. The minimum absolute atomic E-state index is 0.249. The number of nitrogens with zero attached hydrogens (tertiary/aromatic N) is 1. The summed E-state index contributed by atoms with van der Waals surface area (Å²) in [6, 6.07) is 12.7. The summed E-state index contributed by atoms with van der Waals surface area (Å²) in [6.07, 6.45) is 0. The Kier molecular flexibility index (Phi) is 5.56. The molecule has 9 heteroatoms. The highest BCUT2D eigenvalue weighted by molar-refractivity contribution is 6.34. The van der Waals surface area contributed by atoms with E-state index in [0.29, 0.717) is 11.3 Å². The Hall–Kier alpha value is -3.39. The molecule has 1 atom stereocenters. The van der Waals surface area contributed by atoms with Crippen molar-refractivity contribution in [2.75, 3.05) is 17.2 Å². The summed E-state index contributed by atoms with van der Waals surface area (Å²) in [5, 5.41) is 8.04. The third kappa shape index (κ3) is 4.22. The van der Waals surface area contributed by atoms with Gasteiger partial charge in [0, 0.05) is 12.6 Å². The van der Waals surface area contributed by atoms with Crippen molar-refractivity contribution < 1.29 is 19.2 Å². The molecule has 5 amide bonds. The van der Waals surface area contributed by atoms with Crippen molar-refractivity contribution in [3.05, 3.63) is 59.1 Å². The van der Waals surface area contributed by atoms with Crippen LogP contribution in [-0.4, -0.2) is 35.2 Å². The van der Waals surface area contributed by atoms with Gasteiger partial charge in [0.1, 0.15) is 12.1 Å². The number of hydrogen-bond donors (Lipinski definition) is 3. The zero-order chi connectivity index (χ0) is 21.2. The Morgan fingerprint density at radius 2 is 1.79 bits per heavy atom. The summed E-state index contributed by atoms with van der Waals surface area (Å²) < 4.78 is 0. The molecule has 150 valence electrons. The number of imide groups is 1. The number of hydrogen-bond acceptors (Lipinski definition) is 4. The Balaban J connectivity index is 1.74. The first-order valence-corrected chi connectivity index (χ1v) is 9.15. The van der Waals surface area contributed by atoms with Crippen molar-refractivity contribution in [1.29, 1.82) is 0 Å². The molecule has 0 bridgehead atoms. The highest BCUT2D eigenvalue weighted by Crippen LogP contribution is 2.29. The molecular formula is C20H19ClN4O4. The molecule has 1 saturated heterocycles. The summed E-state index contributed by atoms with van der Waals surface area (Å²) >= 11 is 6.09. The van der Waals surface area contributed by atoms with Gasteiger partial charge in [0.15, 0.2) is 0 Å². The molecular weight excluding hydrogens is 396 g/mol. The van der Waals surface area contributed by atoms with Crippen LogP contribution < -0.4 is 16.0 Å². The average Bonchev–Trinajstić information content (AvgIpc) is 2.89. The molecule has 1 aliphatic rings. The van der Waals surface area contributed by atoms with Crippen LogP contribution in [0.2, 0.25) is 5.02 Å². The molecule has 0 aromatic heterocycles. The number of carbonyl (C=O) groups excluding carboxylic acids is 4. The summed E-state index contributed by atoms with van der Waals surface area (Å²) in [6.45, 7) is 2.47. The van der Waals surface area contributed by atoms with Gasteiger partial charge in [0.05, 0.1) is 10.7 Å². The van der Waals surface area contributed by atoms with E-state index in [2.05, 4.69) is 16.0 Å². The zero-order valence-electron chi connectivity index (χ0n) is 15.8. The van der Waals surface area contributed by atoms with Crippen molar-refractivity contribution in [3.63, 3.8) is 0 Å². The van der Waals surface area contributed by atoms with Crippen molar-refractivity contribution in [1.82, 2.24) is 10.2 Å². The van der Waals surface area contributed by atoms with Crippen LogP contribution in [-0.2, 0) is 19.9 Å². The molecule has 2 aromatic carbocycles. The van der Waals surface area contributed by atoms with Crippen LogP contribution in [0.4, 0.5) is 16.2 Å². The van der Waals surface area contributed by atoms with Crippen LogP contribution in [0.1, 0.15) is 19.4 Å². The summed E-state index contributed by atoms with van der Waals surface area (Å²) in [5.74, 6) is -1.40.